The number of benzene rings is 1. The van der Waals surface area contributed by atoms with E-state index in [4.69, 9.17) is 11.6 Å². The molecule has 1 aromatic rings. The van der Waals surface area contributed by atoms with Gasteiger partial charge < -0.3 is 5.32 Å². The first kappa shape index (κ1) is 18.4. The van der Waals surface area contributed by atoms with Crippen LogP contribution < -0.4 is 5.32 Å². The average Bonchev–Trinajstić information content (AvgIpc) is 2.49. The zero-order valence-electron chi connectivity index (χ0n) is 13.8. The standard InChI is InChI=1S/C17H28ClFN2/c1-6-17(4,21(7-2)8-3)15(20-5)12-13-10-9-11-14(18)16(13)19/h9-11,15,20H,6-8,12H2,1-5H3. The number of nitrogens with zero attached hydrogens (tertiary/aromatic N) is 1. The van der Waals surface area contributed by atoms with Crippen LogP contribution >= 0.6 is 11.6 Å². The summed E-state index contributed by atoms with van der Waals surface area (Å²) in [5.41, 5.74) is 0.654. The van der Waals surface area contributed by atoms with Crippen LogP contribution in [-0.2, 0) is 6.42 Å². The SMILES string of the molecule is CCN(CC)C(C)(CC)C(Cc1cccc(Cl)c1F)NC. The number of halogens is 2. The van der Waals surface area contributed by atoms with E-state index in [2.05, 4.69) is 37.9 Å². The maximum Gasteiger partial charge on any atom is 0.145 e. The maximum absolute atomic E-state index is 14.2. The molecule has 1 rings (SSSR count). The van der Waals surface area contributed by atoms with Crippen LogP contribution in [0, 0.1) is 5.82 Å². The van der Waals surface area contributed by atoms with Gasteiger partial charge in [-0.05, 0) is 51.5 Å². The summed E-state index contributed by atoms with van der Waals surface area (Å²) < 4.78 is 14.2. The molecule has 0 aromatic heterocycles. The number of likely N-dealkylation sites (N-methyl/N-ethyl adjacent to an activating group) is 2. The van der Waals surface area contributed by atoms with E-state index >= 15 is 0 Å². The van der Waals surface area contributed by atoms with Crippen molar-refractivity contribution < 1.29 is 4.39 Å². The van der Waals surface area contributed by atoms with Crippen molar-refractivity contribution in [3.05, 3.63) is 34.6 Å². The lowest BCUT2D eigenvalue weighted by molar-refractivity contribution is 0.0727. The normalized spacial score (nSPS) is 16.0. The topological polar surface area (TPSA) is 15.3 Å². The largest absolute Gasteiger partial charge is 0.315 e. The molecular formula is C17H28ClFN2. The Bertz CT molecular complexity index is 448. The molecule has 0 aliphatic heterocycles. The lowest BCUT2D eigenvalue weighted by Gasteiger charge is -2.46. The molecular weight excluding hydrogens is 287 g/mol. The van der Waals surface area contributed by atoms with E-state index in [0.29, 0.717) is 12.0 Å². The number of rotatable bonds is 8. The van der Waals surface area contributed by atoms with Gasteiger partial charge in [-0.25, -0.2) is 4.39 Å². The molecule has 2 atom stereocenters. The molecule has 2 unspecified atom stereocenters. The van der Waals surface area contributed by atoms with Gasteiger partial charge in [-0.15, -0.1) is 0 Å². The molecule has 0 aliphatic carbocycles. The first-order valence-corrected chi connectivity index (χ1v) is 8.17. The molecule has 120 valence electrons. The summed E-state index contributed by atoms with van der Waals surface area (Å²) in [6, 6.07) is 5.39. The van der Waals surface area contributed by atoms with Crippen molar-refractivity contribution in [2.45, 2.75) is 52.1 Å². The number of hydrogen-bond acceptors (Lipinski definition) is 2. The second-order valence-corrected chi connectivity index (χ2v) is 6.05. The zero-order chi connectivity index (χ0) is 16.0. The van der Waals surface area contributed by atoms with Crippen molar-refractivity contribution >= 4 is 11.6 Å². The van der Waals surface area contributed by atoms with Gasteiger partial charge in [-0.1, -0.05) is 44.5 Å². The molecule has 0 radical (unpaired) electrons. The highest BCUT2D eigenvalue weighted by atomic mass is 35.5. The van der Waals surface area contributed by atoms with Crippen molar-refractivity contribution in [1.82, 2.24) is 10.2 Å². The second-order valence-electron chi connectivity index (χ2n) is 5.64. The molecule has 2 nitrogen and oxygen atoms in total. The minimum Gasteiger partial charge on any atom is -0.315 e. The smallest absolute Gasteiger partial charge is 0.145 e. The van der Waals surface area contributed by atoms with E-state index in [9.17, 15) is 4.39 Å². The Kier molecular flexibility index (Phi) is 7.11. The Labute approximate surface area is 133 Å². The van der Waals surface area contributed by atoms with Crippen molar-refractivity contribution in [2.75, 3.05) is 20.1 Å². The van der Waals surface area contributed by atoms with Gasteiger partial charge in [0, 0.05) is 11.6 Å². The van der Waals surface area contributed by atoms with Crippen LogP contribution in [0.1, 0.15) is 39.7 Å². The highest BCUT2D eigenvalue weighted by Gasteiger charge is 2.36. The van der Waals surface area contributed by atoms with Crippen LogP contribution in [0.3, 0.4) is 0 Å². The highest BCUT2D eigenvalue weighted by Crippen LogP contribution is 2.28. The van der Waals surface area contributed by atoms with Gasteiger partial charge in [-0.3, -0.25) is 4.90 Å². The van der Waals surface area contributed by atoms with Gasteiger partial charge in [0.05, 0.1) is 5.02 Å². The monoisotopic (exact) mass is 314 g/mol. The minimum atomic E-state index is -0.294. The Balaban J connectivity index is 3.08. The van der Waals surface area contributed by atoms with Crippen LogP contribution in [-0.4, -0.2) is 36.6 Å². The average molecular weight is 315 g/mol. The van der Waals surface area contributed by atoms with E-state index in [1.807, 2.05) is 19.2 Å². The number of nitrogens with one attached hydrogen (secondary N) is 1. The minimum absolute atomic E-state index is 0.0208. The maximum atomic E-state index is 14.2. The quantitative estimate of drug-likeness (QED) is 0.776. The second kappa shape index (κ2) is 8.11. The third-order valence-electron chi connectivity index (χ3n) is 4.76. The molecule has 4 heteroatoms. The Morgan fingerprint density at radius 1 is 1.29 bits per heavy atom. The van der Waals surface area contributed by atoms with Crippen LogP contribution in [0.2, 0.25) is 5.02 Å². The van der Waals surface area contributed by atoms with Crippen LogP contribution in [0.4, 0.5) is 4.39 Å². The van der Waals surface area contributed by atoms with Crippen LogP contribution in [0.15, 0.2) is 18.2 Å². The van der Waals surface area contributed by atoms with E-state index in [-0.39, 0.29) is 22.4 Å². The first-order chi connectivity index (χ1) is 9.94. The van der Waals surface area contributed by atoms with Gasteiger partial charge in [0.1, 0.15) is 5.82 Å². The summed E-state index contributed by atoms with van der Waals surface area (Å²) in [6.45, 7) is 10.8. The van der Waals surface area contributed by atoms with Crippen LogP contribution in [0.25, 0.3) is 0 Å². The Hall–Kier alpha value is -0.640. The Morgan fingerprint density at radius 2 is 1.90 bits per heavy atom. The molecule has 0 saturated heterocycles. The fraction of sp³-hybridized carbons (Fsp3) is 0.647. The first-order valence-electron chi connectivity index (χ1n) is 7.79. The third-order valence-corrected chi connectivity index (χ3v) is 5.05. The summed E-state index contributed by atoms with van der Waals surface area (Å²) in [5.74, 6) is -0.294. The van der Waals surface area contributed by atoms with E-state index in [0.717, 1.165) is 19.5 Å². The fourth-order valence-electron chi connectivity index (χ4n) is 3.20. The molecule has 1 N–H and O–H groups in total. The molecule has 0 saturated carbocycles. The Morgan fingerprint density at radius 3 is 2.38 bits per heavy atom. The fourth-order valence-corrected chi connectivity index (χ4v) is 3.39. The molecule has 0 aliphatic rings. The van der Waals surface area contributed by atoms with Gasteiger partial charge in [0.15, 0.2) is 0 Å². The van der Waals surface area contributed by atoms with Gasteiger partial charge in [0.2, 0.25) is 0 Å². The zero-order valence-corrected chi connectivity index (χ0v) is 14.6. The predicted molar refractivity (Wildman–Crippen MR) is 89.6 cm³/mol. The summed E-state index contributed by atoms with van der Waals surface area (Å²) >= 11 is 5.90. The van der Waals surface area contributed by atoms with Gasteiger partial charge in [0.25, 0.3) is 0 Å². The van der Waals surface area contributed by atoms with Gasteiger partial charge >= 0.3 is 0 Å². The molecule has 0 amide bonds. The van der Waals surface area contributed by atoms with Crippen molar-refractivity contribution in [2.24, 2.45) is 0 Å². The molecule has 0 bridgehead atoms. The molecule has 21 heavy (non-hydrogen) atoms. The summed E-state index contributed by atoms with van der Waals surface area (Å²) in [7, 11) is 1.95. The summed E-state index contributed by atoms with van der Waals surface area (Å²) in [6.07, 6.45) is 1.63. The predicted octanol–water partition coefficient (Wildman–Crippen LogP) is 4.12. The lowest BCUT2D eigenvalue weighted by atomic mass is 9.83. The van der Waals surface area contributed by atoms with Crippen LogP contribution in [0.5, 0.6) is 0 Å². The van der Waals surface area contributed by atoms with Crippen molar-refractivity contribution in [3.8, 4) is 0 Å². The number of hydrogen-bond donors (Lipinski definition) is 1. The van der Waals surface area contributed by atoms with Crippen molar-refractivity contribution in [3.63, 3.8) is 0 Å². The van der Waals surface area contributed by atoms with E-state index < -0.39 is 0 Å². The van der Waals surface area contributed by atoms with Gasteiger partial charge in [-0.2, -0.15) is 0 Å². The highest BCUT2D eigenvalue weighted by molar-refractivity contribution is 6.30. The van der Waals surface area contributed by atoms with E-state index in [1.54, 1.807) is 6.07 Å². The molecule has 0 heterocycles. The molecule has 1 aromatic carbocycles. The summed E-state index contributed by atoms with van der Waals surface area (Å²) in [5, 5.41) is 3.58. The third kappa shape index (κ3) is 3.97. The van der Waals surface area contributed by atoms with E-state index in [1.165, 1.54) is 0 Å². The lowest BCUT2D eigenvalue weighted by Crippen LogP contribution is -2.59. The summed E-state index contributed by atoms with van der Waals surface area (Å²) in [4.78, 5) is 2.44. The molecule has 0 spiro atoms. The molecule has 0 fully saturated rings. The van der Waals surface area contributed by atoms with Crippen molar-refractivity contribution in [1.29, 1.82) is 0 Å².